The molecule has 0 fully saturated rings. The van der Waals surface area contributed by atoms with Crippen LogP contribution in [-0.4, -0.2) is 19.6 Å². The molecule has 3 rings (SSSR count). The zero-order chi connectivity index (χ0) is 16.8. The van der Waals surface area contributed by atoms with Crippen molar-refractivity contribution < 1.29 is 9.53 Å². The third kappa shape index (κ3) is 4.04. The molecule has 0 radical (unpaired) electrons. The first-order valence-corrected chi connectivity index (χ1v) is 7.91. The van der Waals surface area contributed by atoms with Crippen molar-refractivity contribution in [1.82, 2.24) is 0 Å². The number of carbonyl (C=O) groups is 1. The monoisotopic (exact) mass is 320 g/mol. The van der Waals surface area contributed by atoms with Gasteiger partial charge in [0.05, 0.1) is 7.11 Å². The Labute approximate surface area is 141 Å². The summed E-state index contributed by atoms with van der Waals surface area (Å²) in [6, 6.07) is 21.7. The van der Waals surface area contributed by atoms with Crippen molar-refractivity contribution in [2.24, 2.45) is 0 Å². The zero-order valence-electron chi connectivity index (χ0n) is 13.6. The van der Waals surface area contributed by atoms with Gasteiger partial charge in [0, 0.05) is 24.3 Å². The van der Waals surface area contributed by atoms with E-state index < -0.39 is 0 Å². The molecule has 2 N–H and O–H groups in total. The summed E-state index contributed by atoms with van der Waals surface area (Å²) in [7, 11) is 1.64. The molecule has 0 unspecified atom stereocenters. The average Bonchev–Trinajstić information content (AvgIpc) is 2.62. The van der Waals surface area contributed by atoms with Crippen LogP contribution in [0.1, 0.15) is 6.42 Å². The van der Waals surface area contributed by atoms with Gasteiger partial charge in [-0.1, -0.05) is 30.3 Å². The van der Waals surface area contributed by atoms with Crippen molar-refractivity contribution >= 4 is 28.1 Å². The molecule has 0 heterocycles. The highest BCUT2D eigenvalue weighted by Gasteiger charge is 2.03. The van der Waals surface area contributed by atoms with Gasteiger partial charge in [-0.2, -0.15) is 0 Å². The van der Waals surface area contributed by atoms with Gasteiger partial charge in [-0.25, -0.2) is 0 Å². The van der Waals surface area contributed by atoms with Crippen LogP contribution < -0.4 is 15.4 Å². The van der Waals surface area contributed by atoms with Gasteiger partial charge in [0.1, 0.15) is 5.75 Å². The lowest BCUT2D eigenvalue weighted by Gasteiger charge is -2.09. The number of anilines is 2. The lowest BCUT2D eigenvalue weighted by molar-refractivity contribution is -0.115. The van der Waals surface area contributed by atoms with Gasteiger partial charge in [-0.15, -0.1) is 0 Å². The molecular weight excluding hydrogens is 300 g/mol. The molecule has 0 aliphatic carbocycles. The maximum atomic E-state index is 12.1. The molecule has 0 saturated heterocycles. The molecule has 0 saturated carbocycles. The number of fused-ring (bicyclic) bond motifs is 1. The van der Waals surface area contributed by atoms with Crippen molar-refractivity contribution in [1.29, 1.82) is 0 Å². The summed E-state index contributed by atoms with van der Waals surface area (Å²) in [5.41, 5.74) is 1.79. The number of rotatable bonds is 6. The first-order chi connectivity index (χ1) is 11.7. The Morgan fingerprint density at radius 3 is 2.38 bits per heavy atom. The fourth-order valence-electron chi connectivity index (χ4n) is 2.52. The second-order valence-corrected chi connectivity index (χ2v) is 5.52. The van der Waals surface area contributed by atoms with Crippen molar-refractivity contribution in [3.63, 3.8) is 0 Å². The first-order valence-electron chi connectivity index (χ1n) is 7.91. The van der Waals surface area contributed by atoms with E-state index in [1.54, 1.807) is 7.11 Å². The van der Waals surface area contributed by atoms with Crippen LogP contribution in [0, 0.1) is 0 Å². The van der Waals surface area contributed by atoms with Crippen LogP contribution >= 0.6 is 0 Å². The van der Waals surface area contributed by atoms with Gasteiger partial charge >= 0.3 is 0 Å². The largest absolute Gasteiger partial charge is 0.497 e. The number of methoxy groups -OCH3 is 1. The smallest absolute Gasteiger partial charge is 0.226 e. The Bertz CT molecular complexity index is 828. The maximum absolute atomic E-state index is 12.1. The number of nitrogens with one attached hydrogen (secondary N) is 2. The number of hydrogen-bond donors (Lipinski definition) is 2. The second kappa shape index (κ2) is 7.51. The highest BCUT2D eigenvalue weighted by Crippen LogP contribution is 2.19. The predicted molar refractivity (Wildman–Crippen MR) is 98.7 cm³/mol. The zero-order valence-corrected chi connectivity index (χ0v) is 13.6. The third-order valence-electron chi connectivity index (χ3n) is 3.80. The van der Waals surface area contributed by atoms with Crippen LogP contribution in [0.2, 0.25) is 0 Å². The molecule has 0 aromatic heterocycles. The lowest BCUT2D eigenvalue weighted by atomic mass is 10.1. The molecular formula is C20H20N2O2. The molecule has 0 bridgehead atoms. The second-order valence-electron chi connectivity index (χ2n) is 5.52. The summed E-state index contributed by atoms with van der Waals surface area (Å²) in [6.07, 6.45) is 0.402. The van der Waals surface area contributed by atoms with E-state index in [0.29, 0.717) is 13.0 Å². The van der Waals surface area contributed by atoms with Gasteiger partial charge in [0.2, 0.25) is 5.91 Å². The Morgan fingerprint density at radius 2 is 1.62 bits per heavy atom. The summed E-state index contributed by atoms with van der Waals surface area (Å²) in [5, 5.41) is 8.45. The maximum Gasteiger partial charge on any atom is 0.226 e. The van der Waals surface area contributed by atoms with E-state index in [2.05, 4.69) is 16.7 Å². The number of benzene rings is 3. The van der Waals surface area contributed by atoms with Crippen molar-refractivity contribution in [3.8, 4) is 5.75 Å². The average molecular weight is 320 g/mol. The minimum absolute atomic E-state index is 0.00806. The number of ether oxygens (including phenoxy) is 1. The van der Waals surface area contributed by atoms with Crippen LogP contribution in [-0.2, 0) is 4.79 Å². The summed E-state index contributed by atoms with van der Waals surface area (Å²) >= 11 is 0. The van der Waals surface area contributed by atoms with Gasteiger partial charge in [0.15, 0.2) is 0 Å². The fraction of sp³-hybridized carbons (Fsp3) is 0.150. The standard InChI is InChI=1S/C20H20N2O2/c1-24-19-10-8-17(9-11-19)21-13-12-20(23)22-18-7-6-15-4-2-3-5-16(15)14-18/h2-11,14,21H,12-13H2,1H3,(H,22,23). The topological polar surface area (TPSA) is 50.4 Å². The van der Waals surface area contributed by atoms with E-state index in [-0.39, 0.29) is 5.91 Å². The van der Waals surface area contributed by atoms with Gasteiger partial charge in [-0.3, -0.25) is 4.79 Å². The van der Waals surface area contributed by atoms with E-state index in [1.165, 1.54) is 0 Å². The van der Waals surface area contributed by atoms with Crippen LogP contribution in [0.5, 0.6) is 5.75 Å². The van der Waals surface area contributed by atoms with Crippen molar-refractivity contribution in [2.45, 2.75) is 6.42 Å². The summed E-state index contributed by atoms with van der Waals surface area (Å²) < 4.78 is 5.12. The molecule has 122 valence electrons. The summed E-state index contributed by atoms with van der Waals surface area (Å²) in [5.74, 6) is 0.806. The molecule has 0 aliphatic rings. The van der Waals surface area contributed by atoms with Gasteiger partial charge < -0.3 is 15.4 Å². The Hall–Kier alpha value is -3.01. The molecule has 0 spiro atoms. The number of amides is 1. The molecule has 0 aliphatic heterocycles. The Balaban J connectivity index is 1.51. The third-order valence-corrected chi connectivity index (χ3v) is 3.80. The van der Waals surface area contributed by atoms with E-state index >= 15 is 0 Å². The lowest BCUT2D eigenvalue weighted by Crippen LogP contribution is -2.16. The number of hydrogen-bond acceptors (Lipinski definition) is 3. The van der Waals surface area contributed by atoms with Crippen LogP contribution in [0.15, 0.2) is 66.7 Å². The quantitative estimate of drug-likeness (QED) is 0.712. The van der Waals surface area contributed by atoms with Crippen LogP contribution in [0.4, 0.5) is 11.4 Å². The molecule has 4 nitrogen and oxygen atoms in total. The summed E-state index contributed by atoms with van der Waals surface area (Å²) in [6.45, 7) is 0.575. The van der Waals surface area contributed by atoms with Crippen molar-refractivity contribution in [2.75, 3.05) is 24.3 Å². The Kier molecular flexibility index (Phi) is 4.96. The molecule has 0 atom stereocenters. The first kappa shape index (κ1) is 15.9. The molecule has 1 amide bonds. The Morgan fingerprint density at radius 1 is 0.917 bits per heavy atom. The molecule has 3 aromatic rings. The van der Waals surface area contributed by atoms with E-state index in [1.807, 2.05) is 60.7 Å². The normalized spacial score (nSPS) is 10.4. The fourth-order valence-corrected chi connectivity index (χ4v) is 2.52. The molecule has 24 heavy (non-hydrogen) atoms. The van der Waals surface area contributed by atoms with Gasteiger partial charge in [0.25, 0.3) is 0 Å². The minimum Gasteiger partial charge on any atom is -0.497 e. The molecule has 3 aromatic carbocycles. The highest BCUT2D eigenvalue weighted by atomic mass is 16.5. The predicted octanol–water partition coefficient (Wildman–Crippen LogP) is 4.29. The van der Waals surface area contributed by atoms with E-state index in [9.17, 15) is 4.79 Å². The van der Waals surface area contributed by atoms with Crippen LogP contribution in [0.25, 0.3) is 10.8 Å². The van der Waals surface area contributed by atoms with Crippen molar-refractivity contribution in [3.05, 3.63) is 66.7 Å². The van der Waals surface area contributed by atoms with E-state index in [4.69, 9.17) is 4.74 Å². The highest BCUT2D eigenvalue weighted by molar-refractivity contribution is 5.94. The SMILES string of the molecule is COc1ccc(NCCC(=O)Nc2ccc3ccccc3c2)cc1. The number of carbonyl (C=O) groups excluding carboxylic acids is 1. The summed E-state index contributed by atoms with van der Waals surface area (Å²) in [4.78, 5) is 12.1. The van der Waals surface area contributed by atoms with Crippen LogP contribution in [0.3, 0.4) is 0 Å². The van der Waals surface area contributed by atoms with E-state index in [0.717, 1.165) is 27.9 Å². The van der Waals surface area contributed by atoms with Gasteiger partial charge in [-0.05, 0) is 47.2 Å². The molecule has 4 heteroatoms. The minimum atomic E-state index is -0.00806.